The molecule has 1 saturated heterocycles. The van der Waals surface area contributed by atoms with E-state index in [4.69, 9.17) is 0 Å². The monoisotopic (exact) mass is 300 g/mol. The zero-order valence-electron chi connectivity index (χ0n) is 13.9. The first kappa shape index (κ1) is 15.5. The third-order valence-corrected chi connectivity index (χ3v) is 5.36. The molecule has 1 atom stereocenters. The van der Waals surface area contributed by atoms with E-state index < -0.39 is 0 Å². The number of rotatable bonds is 4. The van der Waals surface area contributed by atoms with Crippen LogP contribution in [0.15, 0.2) is 24.3 Å². The quantitative estimate of drug-likeness (QED) is 0.927. The molecule has 22 heavy (non-hydrogen) atoms. The van der Waals surface area contributed by atoms with E-state index in [1.54, 1.807) is 0 Å². The van der Waals surface area contributed by atoms with Crippen molar-refractivity contribution in [3.63, 3.8) is 0 Å². The van der Waals surface area contributed by atoms with Gasteiger partial charge in [-0.25, -0.2) is 0 Å². The molecule has 0 spiro atoms. The highest BCUT2D eigenvalue weighted by atomic mass is 16.2. The lowest BCUT2D eigenvalue weighted by Crippen LogP contribution is -2.49. The van der Waals surface area contributed by atoms with Crippen molar-refractivity contribution in [1.82, 2.24) is 10.2 Å². The van der Waals surface area contributed by atoms with E-state index in [0.717, 1.165) is 32.2 Å². The Bertz CT molecular complexity index is 536. The van der Waals surface area contributed by atoms with Gasteiger partial charge in [-0.15, -0.1) is 0 Å². The Labute approximate surface area is 134 Å². The molecule has 3 nitrogen and oxygen atoms in total. The Morgan fingerprint density at radius 3 is 2.77 bits per heavy atom. The van der Waals surface area contributed by atoms with Gasteiger partial charge >= 0.3 is 0 Å². The van der Waals surface area contributed by atoms with Crippen molar-refractivity contribution in [1.29, 1.82) is 0 Å². The molecule has 2 fully saturated rings. The van der Waals surface area contributed by atoms with Crippen LogP contribution >= 0.6 is 0 Å². The van der Waals surface area contributed by atoms with Gasteiger partial charge in [-0.1, -0.05) is 37.1 Å². The molecular formula is C19H28N2O. The zero-order valence-corrected chi connectivity index (χ0v) is 13.9. The first-order valence-corrected chi connectivity index (χ1v) is 8.66. The van der Waals surface area contributed by atoms with Crippen LogP contribution in [0, 0.1) is 6.92 Å². The molecule has 1 heterocycles. The lowest BCUT2D eigenvalue weighted by atomic mass is 9.99. The third-order valence-electron chi connectivity index (χ3n) is 5.36. The summed E-state index contributed by atoms with van der Waals surface area (Å²) in [4.78, 5) is 15.0. The Balaban J connectivity index is 1.64. The topological polar surface area (TPSA) is 32.3 Å². The molecule has 1 saturated carbocycles. The molecular weight excluding hydrogens is 272 g/mol. The number of amides is 1. The summed E-state index contributed by atoms with van der Waals surface area (Å²) >= 11 is 0. The standard InChI is InChI=1S/C19H28N2O/c1-15-8-5-6-9-16(15)14-19(11-12-19)20-18(22)17-10-4-3-7-13-21(17)2/h5-6,8-9,17H,3-4,7,10-14H2,1-2H3,(H,20,22). The normalized spacial score (nSPS) is 24.5. The van der Waals surface area contributed by atoms with Crippen molar-refractivity contribution in [2.45, 2.75) is 63.5 Å². The van der Waals surface area contributed by atoms with Gasteiger partial charge in [0.05, 0.1) is 6.04 Å². The summed E-state index contributed by atoms with van der Waals surface area (Å²) in [7, 11) is 2.09. The molecule has 1 aliphatic heterocycles. The zero-order chi connectivity index (χ0) is 15.6. The molecule has 1 amide bonds. The predicted molar refractivity (Wildman–Crippen MR) is 89.9 cm³/mol. The fraction of sp³-hybridized carbons (Fsp3) is 0.632. The predicted octanol–water partition coefficient (Wildman–Crippen LogP) is 3.06. The van der Waals surface area contributed by atoms with Crippen LogP contribution in [0.5, 0.6) is 0 Å². The van der Waals surface area contributed by atoms with Gasteiger partial charge in [-0.2, -0.15) is 0 Å². The van der Waals surface area contributed by atoms with E-state index in [-0.39, 0.29) is 17.5 Å². The highest BCUT2D eigenvalue weighted by Crippen LogP contribution is 2.39. The molecule has 1 unspecified atom stereocenters. The van der Waals surface area contributed by atoms with Crippen molar-refractivity contribution in [2.75, 3.05) is 13.6 Å². The van der Waals surface area contributed by atoms with E-state index in [0.29, 0.717) is 0 Å². The van der Waals surface area contributed by atoms with Gasteiger partial charge in [0.2, 0.25) is 5.91 Å². The molecule has 1 aliphatic carbocycles. The van der Waals surface area contributed by atoms with E-state index in [2.05, 4.69) is 48.5 Å². The smallest absolute Gasteiger partial charge is 0.237 e. The maximum Gasteiger partial charge on any atom is 0.237 e. The number of aryl methyl sites for hydroxylation is 1. The summed E-state index contributed by atoms with van der Waals surface area (Å²) in [6.07, 6.45) is 7.85. The summed E-state index contributed by atoms with van der Waals surface area (Å²) < 4.78 is 0. The summed E-state index contributed by atoms with van der Waals surface area (Å²) in [5, 5.41) is 3.39. The van der Waals surface area contributed by atoms with Crippen LogP contribution in [0.2, 0.25) is 0 Å². The number of hydrogen-bond donors (Lipinski definition) is 1. The third kappa shape index (κ3) is 3.52. The molecule has 0 bridgehead atoms. The van der Waals surface area contributed by atoms with Gasteiger partial charge in [0.25, 0.3) is 0 Å². The number of carbonyl (C=O) groups is 1. The molecule has 2 aliphatic rings. The second-order valence-electron chi connectivity index (χ2n) is 7.22. The van der Waals surface area contributed by atoms with Crippen molar-refractivity contribution in [3.05, 3.63) is 35.4 Å². The van der Waals surface area contributed by atoms with Crippen LogP contribution in [0.4, 0.5) is 0 Å². The number of hydrogen-bond acceptors (Lipinski definition) is 2. The van der Waals surface area contributed by atoms with E-state index >= 15 is 0 Å². The lowest BCUT2D eigenvalue weighted by Gasteiger charge is -2.28. The summed E-state index contributed by atoms with van der Waals surface area (Å²) in [5.41, 5.74) is 2.72. The van der Waals surface area contributed by atoms with E-state index in [1.807, 2.05) is 0 Å². The summed E-state index contributed by atoms with van der Waals surface area (Å²) in [6, 6.07) is 8.60. The first-order valence-electron chi connectivity index (χ1n) is 8.66. The minimum atomic E-state index is 0.0241. The largest absolute Gasteiger partial charge is 0.349 e. The van der Waals surface area contributed by atoms with Crippen LogP contribution in [0.25, 0.3) is 0 Å². The summed E-state index contributed by atoms with van der Waals surface area (Å²) in [6.45, 7) is 3.20. The van der Waals surface area contributed by atoms with Crippen LogP contribution in [0.1, 0.15) is 49.7 Å². The van der Waals surface area contributed by atoms with Crippen molar-refractivity contribution < 1.29 is 4.79 Å². The SMILES string of the molecule is Cc1ccccc1CC1(NC(=O)C2CCCCCN2C)CC1. The number of likely N-dealkylation sites (N-methyl/N-ethyl adjacent to an activating group) is 1. The van der Waals surface area contributed by atoms with E-state index in [1.165, 1.54) is 30.4 Å². The first-order chi connectivity index (χ1) is 10.6. The van der Waals surface area contributed by atoms with Crippen molar-refractivity contribution >= 4 is 5.91 Å². The number of carbonyl (C=O) groups excluding carboxylic acids is 1. The highest BCUT2D eigenvalue weighted by Gasteiger charge is 2.45. The molecule has 0 aromatic heterocycles. The summed E-state index contributed by atoms with van der Waals surface area (Å²) in [5.74, 6) is 0.246. The molecule has 0 radical (unpaired) electrons. The van der Waals surface area contributed by atoms with Gasteiger partial charge in [-0.05, 0) is 63.7 Å². The molecule has 1 aromatic rings. The Morgan fingerprint density at radius 1 is 1.27 bits per heavy atom. The Hall–Kier alpha value is -1.35. The lowest BCUT2D eigenvalue weighted by molar-refractivity contribution is -0.127. The molecule has 120 valence electrons. The van der Waals surface area contributed by atoms with Gasteiger partial charge in [0.15, 0.2) is 0 Å². The molecule has 1 aromatic carbocycles. The number of nitrogens with one attached hydrogen (secondary N) is 1. The van der Waals surface area contributed by atoms with Gasteiger partial charge in [0.1, 0.15) is 0 Å². The van der Waals surface area contributed by atoms with Gasteiger partial charge < -0.3 is 5.32 Å². The fourth-order valence-corrected chi connectivity index (χ4v) is 3.60. The molecule has 3 rings (SSSR count). The Kier molecular flexibility index (Phi) is 4.53. The van der Waals surface area contributed by atoms with Gasteiger partial charge in [0, 0.05) is 5.54 Å². The minimum Gasteiger partial charge on any atom is -0.349 e. The number of benzene rings is 1. The number of nitrogens with zero attached hydrogens (tertiary/aromatic N) is 1. The second kappa shape index (κ2) is 6.41. The average Bonchev–Trinajstić information content (AvgIpc) is 3.26. The molecule has 1 N–H and O–H groups in total. The highest BCUT2D eigenvalue weighted by molar-refractivity contribution is 5.83. The Morgan fingerprint density at radius 2 is 2.05 bits per heavy atom. The maximum absolute atomic E-state index is 12.7. The van der Waals surface area contributed by atoms with E-state index in [9.17, 15) is 4.79 Å². The molecule has 3 heteroatoms. The number of likely N-dealkylation sites (tertiary alicyclic amines) is 1. The van der Waals surface area contributed by atoms with Crippen molar-refractivity contribution in [3.8, 4) is 0 Å². The minimum absolute atomic E-state index is 0.0241. The second-order valence-corrected chi connectivity index (χ2v) is 7.22. The average molecular weight is 300 g/mol. The van der Waals surface area contributed by atoms with Gasteiger partial charge in [-0.3, -0.25) is 9.69 Å². The van der Waals surface area contributed by atoms with Crippen LogP contribution in [0.3, 0.4) is 0 Å². The maximum atomic E-state index is 12.7. The van der Waals surface area contributed by atoms with Crippen LogP contribution in [-0.4, -0.2) is 36.0 Å². The fourth-order valence-electron chi connectivity index (χ4n) is 3.60. The van der Waals surface area contributed by atoms with Crippen LogP contribution < -0.4 is 5.32 Å². The van der Waals surface area contributed by atoms with Crippen molar-refractivity contribution in [2.24, 2.45) is 0 Å². The van der Waals surface area contributed by atoms with Crippen LogP contribution in [-0.2, 0) is 11.2 Å².